The Kier molecular flexibility index (Phi) is 5.24. The molecule has 0 radical (unpaired) electrons. The monoisotopic (exact) mass is 232 g/mol. The first-order chi connectivity index (χ1) is 8.27. The highest BCUT2D eigenvalue weighted by Crippen LogP contribution is 2.04. The molecule has 17 heavy (non-hydrogen) atoms. The van der Waals surface area contributed by atoms with E-state index in [2.05, 4.69) is 0 Å². The van der Waals surface area contributed by atoms with Crippen molar-refractivity contribution in [2.75, 3.05) is 7.11 Å². The highest BCUT2D eigenvalue weighted by Gasteiger charge is 2.04. The van der Waals surface area contributed by atoms with Crippen LogP contribution >= 0.6 is 0 Å². The van der Waals surface area contributed by atoms with Crippen LogP contribution in [0, 0.1) is 0 Å². The lowest BCUT2D eigenvalue weighted by Gasteiger charge is -2.01. The molecule has 0 fully saturated rings. The van der Waals surface area contributed by atoms with E-state index in [0.717, 1.165) is 6.26 Å². The lowest BCUT2D eigenvalue weighted by atomic mass is 10.2. The van der Waals surface area contributed by atoms with Crippen LogP contribution in [0.15, 0.2) is 54.5 Å². The molecule has 0 spiro atoms. The molecular formula is C13H12O4. The summed E-state index contributed by atoms with van der Waals surface area (Å²) in [6.07, 6.45) is 4.39. The van der Waals surface area contributed by atoms with Crippen LogP contribution in [0.2, 0.25) is 0 Å². The molecule has 0 aliphatic carbocycles. The average molecular weight is 232 g/mol. The zero-order chi connectivity index (χ0) is 12.5. The van der Waals surface area contributed by atoms with Crippen molar-refractivity contribution in [1.29, 1.82) is 0 Å². The second-order valence-corrected chi connectivity index (χ2v) is 2.99. The summed E-state index contributed by atoms with van der Waals surface area (Å²) in [7, 11) is 1.41. The summed E-state index contributed by atoms with van der Waals surface area (Å²) in [6.45, 7) is 0. The molecular weight excluding hydrogens is 220 g/mol. The van der Waals surface area contributed by atoms with Gasteiger partial charge in [-0.3, -0.25) is 4.79 Å². The van der Waals surface area contributed by atoms with E-state index in [1.54, 1.807) is 30.3 Å². The summed E-state index contributed by atoms with van der Waals surface area (Å²) >= 11 is 0. The minimum absolute atomic E-state index is 0.279. The number of allylic oxidation sites excluding steroid dienone is 2. The van der Waals surface area contributed by atoms with Gasteiger partial charge in [0.05, 0.1) is 12.7 Å². The van der Waals surface area contributed by atoms with E-state index in [0.29, 0.717) is 11.8 Å². The van der Waals surface area contributed by atoms with Gasteiger partial charge in [-0.2, -0.15) is 0 Å². The Morgan fingerprint density at radius 2 is 1.94 bits per heavy atom. The molecule has 0 bridgehead atoms. The Balaban J connectivity index is 2.66. The number of carbonyl (C=O) groups is 2. The van der Waals surface area contributed by atoms with Crippen molar-refractivity contribution in [3.05, 3.63) is 60.1 Å². The first kappa shape index (κ1) is 12.7. The summed E-state index contributed by atoms with van der Waals surface area (Å²) in [6, 6.07) is 8.57. The minimum atomic E-state index is -0.486. The van der Waals surface area contributed by atoms with Gasteiger partial charge in [-0.15, -0.1) is 0 Å². The van der Waals surface area contributed by atoms with Crippen LogP contribution in [0.3, 0.4) is 0 Å². The summed E-state index contributed by atoms with van der Waals surface area (Å²) in [4.78, 5) is 21.6. The van der Waals surface area contributed by atoms with Gasteiger partial charge in [-0.1, -0.05) is 18.2 Å². The molecule has 0 heterocycles. The summed E-state index contributed by atoms with van der Waals surface area (Å²) < 4.78 is 9.76. The fourth-order valence-electron chi connectivity index (χ4n) is 1.04. The molecule has 1 aromatic rings. The zero-order valence-electron chi connectivity index (χ0n) is 9.33. The topological polar surface area (TPSA) is 52.6 Å². The highest BCUT2D eigenvalue weighted by molar-refractivity contribution is 5.89. The SMILES string of the molecule is COC(C=CC=O)=COC(=O)c1ccccc1. The number of hydrogen-bond acceptors (Lipinski definition) is 4. The molecule has 4 nitrogen and oxygen atoms in total. The normalized spacial score (nSPS) is 11.2. The number of benzene rings is 1. The van der Waals surface area contributed by atoms with Crippen LogP contribution in [0.5, 0.6) is 0 Å². The van der Waals surface area contributed by atoms with Crippen LogP contribution in [0.4, 0.5) is 0 Å². The lowest BCUT2D eigenvalue weighted by Crippen LogP contribution is -2.00. The number of methoxy groups -OCH3 is 1. The number of rotatable bonds is 5. The van der Waals surface area contributed by atoms with Gasteiger partial charge in [0.25, 0.3) is 0 Å². The van der Waals surface area contributed by atoms with Crippen LogP contribution in [-0.4, -0.2) is 19.4 Å². The van der Waals surface area contributed by atoms with E-state index < -0.39 is 5.97 Å². The molecule has 88 valence electrons. The lowest BCUT2D eigenvalue weighted by molar-refractivity contribution is -0.104. The van der Waals surface area contributed by atoms with E-state index >= 15 is 0 Å². The van der Waals surface area contributed by atoms with Gasteiger partial charge in [0.2, 0.25) is 0 Å². The molecule has 0 aliphatic heterocycles. The predicted octanol–water partition coefficient (Wildman–Crippen LogP) is 2.09. The molecule has 0 aromatic heterocycles. The first-order valence-electron chi connectivity index (χ1n) is 4.90. The van der Waals surface area contributed by atoms with Crippen molar-refractivity contribution >= 4 is 12.3 Å². The maximum Gasteiger partial charge on any atom is 0.343 e. The van der Waals surface area contributed by atoms with Crippen molar-refractivity contribution in [3.63, 3.8) is 0 Å². The third-order valence-electron chi connectivity index (χ3n) is 1.87. The maximum atomic E-state index is 11.5. The van der Waals surface area contributed by atoms with Crippen LogP contribution in [0.1, 0.15) is 10.4 Å². The Morgan fingerprint density at radius 1 is 1.24 bits per heavy atom. The number of ether oxygens (including phenoxy) is 2. The van der Waals surface area contributed by atoms with E-state index in [9.17, 15) is 9.59 Å². The third kappa shape index (κ3) is 4.34. The maximum absolute atomic E-state index is 11.5. The van der Waals surface area contributed by atoms with Gasteiger partial charge in [0.15, 0.2) is 5.76 Å². The minimum Gasteiger partial charge on any atom is -0.494 e. The number of hydrogen-bond donors (Lipinski definition) is 0. The Bertz CT molecular complexity index is 432. The molecule has 0 saturated heterocycles. The van der Waals surface area contributed by atoms with Gasteiger partial charge >= 0.3 is 5.97 Å². The Hall–Kier alpha value is -2.36. The van der Waals surface area contributed by atoms with Gasteiger partial charge in [0, 0.05) is 0 Å². The van der Waals surface area contributed by atoms with E-state index in [4.69, 9.17) is 9.47 Å². The van der Waals surface area contributed by atoms with E-state index in [-0.39, 0.29) is 5.76 Å². The molecule has 0 atom stereocenters. The van der Waals surface area contributed by atoms with Gasteiger partial charge in [-0.05, 0) is 24.3 Å². The molecule has 0 N–H and O–H groups in total. The summed E-state index contributed by atoms with van der Waals surface area (Å²) in [5.41, 5.74) is 0.443. The summed E-state index contributed by atoms with van der Waals surface area (Å²) in [5.74, 6) is -0.207. The van der Waals surface area contributed by atoms with E-state index in [1.165, 1.54) is 19.3 Å². The van der Waals surface area contributed by atoms with E-state index in [1.807, 2.05) is 0 Å². The molecule has 1 rings (SSSR count). The van der Waals surface area contributed by atoms with Crippen molar-refractivity contribution in [2.45, 2.75) is 0 Å². The molecule has 1 aromatic carbocycles. The van der Waals surface area contributed by atoms with Crippen molar-refractivity contribution in [3.8, 4) is 0 Å². The molecule has 0 unspecified atom stereocenters. The Labute approximate surface area is 99.2 Å². The second kappa shape index (κ2) is 7.00. The van der Waals surface area contributed by atoms with Gasteiger partial charge in [-0.25, -0.2) is 4.79 Å². The summed E-state index contributed by atoms with van der Waals surface area (Å²) in [5, 5.41) is 0. The molecule has 4 heteroatoms. The number of esters is 1. The second-order valence-electron chi connectivity index (χ2n) is 2.99. The molecule has 0 saturated carbocycles. The predicted molar refractivity (Wildman–Crippen MR) is 62.2 cm³/mol. The number of carbonyl (C=O) groups excluding carboxylic acids is 2. The highest BCUT2D eigenvalue weighted by atomic mass is 16.5. The van der Waals surface area contributed by atoms with Gasteiger partial charge in [0.1, 0.15) is 12.5 Å². The first-order valence-corrected chi connectivity index (χ1v) is 4.90. The van der Waals surface area contributed by atoms with Crippen LogP contribution < -0.4 is 0 Å². The smallest absolute Gasteiger partial charge is 0.343 e. The van der Waals surface area contributed by atoms with Crippen molar-refractivity contribution in [2.24, 2.45) is 0 Å². The zero-order valence-corrected chi connectivity index (χ0v) is 9.33. The van der Waals surface area contributed by atoms with Gasteiger partial charge < -0.3 is 9.47 Å². The quantitative estimate of drug-likeness (QED) is 0.256. The molecule has 0 amide bonds. The largest absolute Gasteiger partial charge is 0.494 e. The Morgan fingerprint density at radius 3 is 2.53 bits per heavy atom. The van der Waals surface area contributed by atoms with Crippen LogP contribution in [0.25, 0.3) is 0 Å². The van der Waals surface area contributed by atoms with Crippen molar-refractivity contribution < 1.29 is 19.1 Å². The number of aldehydes is 1. The third-order valence-corrected chi connectivity index (χ3v) is 1.87. The van der Waals surface area contributed by atoms with Crippen LogP contribution in [-0.2, 0) is 14.3 Å². The fourth-order valence-corrected chi connectivity index (χ4v) is 1.04. The van der Waals surface area contributed by atoms with Crippen molar-refractivity contribution in [1.82, 2.24) is 0 Å². The average Bonchev–Trinajstić information content (AvgIpc) is 2.39. The standard InChI is InChI=1S/C13H12O4/c1-16-12(8-5-9-14)10-17-13(15)11-6-3-2-4-7-11/h2-10H,1H3. The fraction of sp³-hybridized carbons (Fsp3) is 0.0769. The molecule has 0 aliphatic rings.